The summed E-state index contributed by atoms with van der Waals surface area (Å²) < 4.78 is 5.46. The van der Waals surface area contributed by atoms with E-state index in [1.54, 1.807) is 6.92 Å². The SMILES string of the molecule is CC(=O)C1CCC(=O)C2=C1OCCC2. The first-order chi connectivity index (χ1) is 6.70. The van der Waals surface area contributed by atoms with Crippen LogP contribution >= 0.6 is 0 Å². The molecular formula is C11H14O3. The van der Waals surface area contributed by atoms with E-state index in [2.05, 4.69) is 0 Å². The molecule has 0 bridgehead atoms. The minimum Gasteiger partial charge on any atom is -0.497 e. The van der Waals surface area contributed by atoms with Crippen LogP contribution in [0, 0.1) is 5.92 Å². The lowest BCUT2D eigenvalue weighted by atomic mass is 9.83. The number of allylic oxidation sites excluding steroid dienone is 2. The third-order valence-electron chi connectivity index (χ3n) is 2.93. The molecule has 1 heterocycles. The first-order valence-electron chi connectivity index (χ1n) is 5.09. The average molecular weight is 194 g/mol. The smallest absolute Gasteiger partial charge is 0.162 e. The molecule has 0 aromatic carbocycles. The van der Waals surface area contributed by atoms with Crippen LogP contribution in [0.25, 0.3) is 0 Å². The maximum atomic E-state index is 11.5. The van der Waals surface area contributed by atoms with Crippen molar-refractivity contribution < 1.29 is 14.3 Å². The molecular weight excluding hydrogens is 180 g/mol. The molecule has 3 heteroatoms. The van der Waals surface area contributed by atoms with E-state index in [-0.39, 0.29) is 17.5 Å². The van der Waals surface area contributed by atoms with E-state index in [1.807, 2.05) is 0 Å². The molecule has 76 valence electrons. The van der Waals surface area contributed by atoms with Gasteiger partial charge < -0.3 is 4.74 Å². The van der Waals surface area contributed by atoms with E-state index < -0.39 is 0 Å². The number of hydrogen-bond donors (Lipinski definition) is 0. The highest BCUT2D eigenvalue weighted by atomic mass is 16.5. The molecule has 14 heavy (non-hydrogen) atoms. The summed E-state index contributed by atoms with van der Waals surface area (Å²) in [5.41, 5.74) is 0.780. The summed E-state index contributed by atoms with van der Waals surface area (Å²) in [6.07, 6.45) is 2.83. The van der Waals surface area contributed by atoms with Crippen LogP contribution in [0.1, 0.15) is 32.6 Å². The van der Waals surface area contributed by atoms with E-state index in [0.29, 0.717) is 25.2 Å². The lowest BCUT2D eigenvalue weighted by Gasteiger charge is -2.29. The normalized spacial score (nSPS) is 26.9. The second-order valence-corrected chi connectivity index (χ2v) is 3.92. The van der Waals surface area contributed by atoms with E-state index in [9.17, 15) is 9.59 Å². The summed E-state index contributed by atoms with van der Waals surface area (Å²) in [5.74, 6) is 0.826. The Kier molecular flexibility index (Phi) is 2.40. The third kappa shape index (κ3) is 1.47. The van der Waals surface area contributed by atoms with E-state index >= 15 is 0 Å². The summed E-state index contributed by atoms with van der Waals surface area (Å²) in [6, 6.07) is 0. The minimum atomic E-state index is -0.150. The lowest BCUT2D eigenvalue weighted by molar-refractivity contribution is -0.123. The van der Waals surface area contributed by atoms with Crippen LogP contribution in [0.5, 0.6) is 0 Å². The van der Waals surface area contributed by atoms with Gasteiger partial charge in [-0.1, -0.05) is 0 Å². The van der Waals surface area contributed by atoms with Gasteiger partial charge in [-0.2, -0.15) is 0 Å². The van der Waals surface area contributed by atoms with Crippen LogP contribution in [0.3, 0.4) is 0 Å². The molecule has 0 N–H and O–H groups in total. The predicted octanol–water partition coefficient (Wildman–Crippen LogP) is 1.62. The van der Waals surface area contributed by atoms with E-state index in [0.717, 1.165) is 18.4 Å². The second kappa shape index (κ2) is 3.56. The monoisotopic (exact) mass is 194 g/mol. The standard InChI is InChI=1S/C11H14O3/c1-7(12)8-4-5-10(13)9-3-2-6-14-11(8)9/h8H,2-6H2,1H3. The van der Waals surface area contributed by atoms with Gasteiger partial charge in [0.1, 0.15) is 11.5 Å². The van der Waals surface area contributed by atoms with Gasteiger partial charge in [0.2, 0.25) is 0 Å². The Labute approximate surface area is 83.1 Å². The van der Waals surface area contributed by atoms with Crippen LogP contribution < -0.4 is 0 Å². The van der Waals surface area contributed by atoms with Crippen molar-refractivity contribution in [3.63, 3.8) is 0 Å². The maximum Gasteiger partial charge on any atom is 0.162 e. The van der Waals surface area contributed by atoms with Crippen LogP contribution in [0.15, 0.2) is 11.3 Å². The zero-order valence-corrected chi connectivity index (χ0v) is 8.34. The first kappa shape index (κ1) is 9.44. The Morgan fingerprint density at radius 2 is 2.21 bits per heavy atom. The summed E-state index contributed by atoms with van der Waals surface area (Å²) >= 11 is 0. The fourth-order valence-electron chi connectivity index (χ4n) is 2.17. The molecule has 1 aliphatic heterocycles. The van der Waals surface area contributed by atoms with Gasteiger partial charge in [-0.3, -0.25) is 9.59 Å². The first-order valence-corrected chi connectivity index (χ1v) is 5.09. The number of ketones is 2. The predicted molar refractivity (Wildman–Crippen MR) is 50.6 cm³/mol. The Morgan fingerprint density at radius 1 is 1.43 bits per heavy atom. The summed E-state index contributed by atoms with van der Waals surface area (Å²) in [7, 11) is 0. The number of rotatable bonds is 1. The zero-order valence-electron chi connectivity index (χ0n) is 8.34. The van der Waals surface area contributed by atoms with Crippen molar-refractivity contribution in [1.29, 1.82) is 0 Å². The molecule has 0 fully saturated rings. The molecule has 0 radical (unpaired) electrons. The number of hydrogen-bond acceptors (Lipinski definition) is 3. The van der Waals surface area contributed by atoms with Crippen molar-refractivity contribution in [1.82, 2.24) is 0 Å². The number of carbonyl (C=O) groups excluding carboxylic acids is 2. The molecule has 0 amide bonds. The van der Waals surface area contributed by atoms with Crippen molar-refractivity contribution in [2.75, 3.05) is 6.61 Å². The quantitative estimate of drug-likeness (QED) is 0.637. The van der Waals surface area contributed by atoms with Crippen molar-refractivity contribution in [3.05, 3.63) is 11.3 Å². The average Bonchev–Trinajstić information content (AvgIpc) is 2.18. The van der Waals surface area contributed by atoms with Crippen molar-refractivity contribution in [2.45, 2.75) is 32.6 Å². The Morgan fingerprint density at radius 3 is 2.93 bits per heavy atom. The molecule has 2 rings (SSSR count). The van der Waals surface area contributed by atoms with Gasteiger partial charge in [0.05, 0.1) is 12.5 Å². The molecule has 1 aliphatic carbocycles. The molecule has 0 spiro atoms. The van der Waals surface area contributed by atoms with Gasteiger partial charge in [0, 0.05) is 12.0 Å². The molecule has 3 nitrogen and oxygen atoms in total. The van der Waals surface area contributed by atoms with Crippen LogP contribution in [0.4, 0.5) is 0 Å². The van der Waals surface area contributed by atoms with Gasteiger partial charge in [-0.05, 0) is 26.2 Å². The molecule has 0 aromatic heterocycles. The number of carbonyl (C=O) groups is 2. The molecule has 0 saturated carbocycles. The molecule has 1 atom stereocenters. The highest BCUT2D eigenvalue weighted by Gasteiger charge is 2.33. The summed E-state index contributed by atoms with van der Waals surface area (Å²) in [5, 5.41) is 0. The van der Waals surface area contributed by atoms with E-state index in [1.165, 1.54) is 0 Å². The highest BCUT2D eigenvalue weighted by molar-refractivity contribution is 5.99. The molecule has 0 aromatic rings. The van der Waals surface area contributed by atoms with Gasteiger partial charge in [0.25, 0.3) is 0 Å². The summed E-state index contributed by atoms with van der Waals surface area (Å²) in [4.78, 5) is 22.9. The number of Topliss-reactive ketones (excluding diaryl/α,β-unsaturated/α-hetero) is 2. The Hall–Kier alpha value is -1.12. The largest absolute Gasteiger partial charge is 0.497 e. The Bertz CT molecular complexity index is 314. The minimum absolute atomic E-state index is 0.118. The molecule has 1 unspecified atom stereocenters. The zero-order chi connectivity index (χ0) is 10.1. The van der Waals surface area contributed by atoms with Gasteiger partial charge in [-0.25, -0.2) is 0 Å². The molecule has 0 saturated heterocycles. The second-order valence-electron chi connectivity index (χ2n) is 3.92. The van der Waals surface area contributed by atoms with Crippen LogP contribution in [-0.4, -0.2) is 18.2 Å². The highest BCUT2D eigenvalue weighted by Crippen LogP contribution is 2.34. The van der Waals surface area contributed by atoms with Crippen LogP contribution in [0.2, 0.25) is 0 Å². The van der Waals surface area contributed by atoms with Crippen molar-refractivity contribution >= 4 is 11.6 Å². The third-order valence-corrected chi connectivity index (χ3v) is 2.93. The maximum absolute atomic E-state index is 11.5. The van der Waals surface area contributed by atoms with Crippen molar-refractivity contribution in [3.8, 4) is 0 Å². The fraction of sp³-hybridized carbons (Fsp3) is 0.636. The van der Waals surface area contributed by atoms with Crippen LogP contribution in [-0.2, 0) is 14.3 Å². The van der Waals surface area contributed by atoms with E-state index in [4.69, 9.17) is 4.74 Å². The topological polar surface area (TPSA) is 43.4 Å². The lowest BCUT2D eigenvalue weighted by Crippen LogP contribution is -2.28. The number of ether oxygens (including phenoxy) is 1. The van der Waals surface area contributed by atoms with Gasteiger partial charge in [0.15, 0.2) is 5.78 Å². The fourth-order valence-corrected chi connectivity index (χ4v) is 2.17. The molecule has 2 aliphatic rings. The van der Waals surface area contributed by atoms with Crippen molar-refractivity contribution in [2.24, 2.45) is 5.92 Å². The van der Waals surface area contributed by atoms with Gasteiger partial charge in [-0.15, -0.1) is 0 Å². The Balaban J connectivity index is 2.35. The van der Waals surface area contributed by atoms with Gasteiger partial charge >= 0.3 is 0 Å². The summed E-state index contributed by atoms with van der Waals surface area (Å²) in [6.45, 7) is 2.22.